The van der Waals surface area contributed by atoms with Crippen LogP contribution in [0.4, 0.5) is 5.69 Å². The Morgan fingerprint density at radius 3 is 2.31 bits per heavy atom. The molecule has 1 amide bonds. The third kappa shape index (κ3) is 4.45. The number of nitrogens with zero attached hydrogens (tertiary/aromatic N) is 2. The van der Waals surface area contributed by atoms with E-state index >= 15 is 0 Å². The van der Waals surface area contributed by atoms with Gasteiger partial charge in [-0.15, -0.1) is 0 Å². The van der Waals surface area contributed by atoms with Crippen molar-refractivity contribution >= 4 is 11.6 Å². The van der Waals surface area contributed by atoms with Crippen LogP contribution in [0.25, 0.3) is 0 Å². The summed E-state index contributed by atoms with van der Waals surface area (Å²) in [6.45, 7) is 2.71. The first kappa shape index (κ1) is 24.0. The van der Waals surface area contributed by atoms with Crippen LogP contribution in [0.2, 0.25) is 0 Å². The van der Waals surface area contributed by atoms with E-state index in [2.05, 4.69) is 11.9 Å². The van der Waals surface area contributed by atoms with Gasteiger partial charge in [0.25, 0.3) is 5.91 Å². The zero-order valence-electron chi connectivity index (χ0n) is 21.8. The van der Waals surface area contributed by atoms with Gasteiger partial charge in [0.15, 0.2) is 5.75 Å². The summed E-state index contributed by atoms with van der Waals surface area (Å²) in [5.74, 6) is 4.23. The number of carbonyl (C=O) groups excluding carboxylic acids is 1. The minimum absolute atomic E-state index is 0.0187. The van der Waals surface area contributed by atoms with E-state index in [0.29, 0.717) is 29.4 Å². The molecule has 7 rings (SSSR count). The van der Waals surface area contributed by atoms with E-state index in [9.17, 15) is 4.79 Å². The van der Waals surface area contributed by atoms with Gasteiger partial charge in [-0.3, -0.25) is 4.79 Å². The van der Waals surface area contributed by atoms with E-state index in [1.54, 1.807) is 0 Å². The lowest BCUT2D eigenvalue weighted by Gasteiger charge is -2.59. The van der Waals surface area contributed by atoms with Gasteiger partial charge in [0.05, 0.1) is 17.4 Å². The second kappa shape index (κ2) is 9.83. The Labute approximate surface area is 215 Å². The second-order valence-electron chi connectivity index (χ2n) is 12.0. The Morgan fingerprint density at radius 1 is 0.972 bits per heavy atom. The first-order valence-corrected chi connectivity index (χ1v) is 13.9. The molecule has 1 heterocycles. The van der Waals surface area contributed by atoms with E-state index in [-0.39, 0.29) is 5.91 Å². The van der Waals surface area contributed by atoms with E-state index < -0.39 is 0 Å². The smallest absolute Gasteiger partial charge is 0.262 e. The van der Waals surface area contributed by atoms with Crippen LogP contribution in [-0.4, -0.2) is 50.7 Å². The third-order valence-corrected chi connectivity index (χ3v) is 9.44. The first-order chi connectivity index (χ1) is 17.5. The van der Waals surface area contributed by atoms with Crippen LogP contribution in [0, 0.1) is 23.2 Å². The highest BCUT2D eigenvalue weighted by Gasteiger charge is 2.54. The van der Waals surface area contributed by atoms with Gasteiger partial charge < -0.3 is 19.3 Å². The van der Waals surface area contributed by atoms with Crippen molar-refractivity contribution in [1.29, 1.82) is 0 Å². The number of hydrogen-bond donors (Lipinski definition) is 0. The molecule has 0 unspecified atom stereocenters. The highest BCUT2D eigenvalue weighted by atomic mass is 16.5. The van der Waals surface area contributed by atoms with E-state index in [1.807, 2.05) is 60.5 Å². The average Bonchev–Trinajstić information content (AvgIpc) is 2.98. The van der Waals surface area contributed by atoms with Crippen molar-refractivity contribution in [2.75, 3.05) is 38.7 Å². The standard InChI is InChI=1S/C31H40N2O3/c1-32(21-29(35-2)31-18-22-15-23(19-31)17-24(16-22)20-31)13-7-8-14-33-26-10-4-6-12-28(26)36-27-11-5-3-9-25(27)30(33)34/h3-6,9-12,22-24,29H,7-8,13-21H2,1-2H3/t22?,23?,24?,29-,31?/m0/s1. The van der Waals surface area contributed by atoms with Gasteiger partial charge in [-0.2, -0.15) is 0 Å². The molecule has 1 atom stereocenters. The number of amides is 1. The second-order valence-corrected chi connectivity index (χ2v) is 12.0. The van der Waals surface area contributed by atoms with Crippen LogP contribution in [0.15, 0.2) is 48.5 Å². The van der Waals surface area contributed by atoms with Crippen LogP contribution in [-0.2, 0) is 4.74 Å². The number of rotatable bonds is 9. The molecular weight excluding hydrogens is 448 g/mol. The number of likely N-dealkylation sites (N-methyl/N-ethyl adjacent to an activating group) is 1. The molecule has 0 radical (unpaired) electrons. The summed E-state index contributed by atoms with van der Waals surface area (Å²) in [5.41, 5.74) is 1.89. The summed E-state index contributed by atoms with van der Waals surface area (Å²) in [6.07, 6.45) is 10.9. The quantitative estimate of drug-likeness (QED) is 0.384. The van der Waals surface area contributed by atoms with E-state index in [0.717, 1.165) is 55.1 Å². The molecule has 5 nitrogen and oxygen atoms in total. The average molecular weight is 489 g/mol. The van der Waals surface area contributed by atoms with Gasteiger partial charge in [0.1, 0.15) is 5.75 Å². The molecule has 0 saturated heterocycles. The maximum atomic E-state index is 13.4. The van der Waals surface area contributed by atoms with Crippen molar-refractivity contribution in [3.05, 3.63) is 54.1 Å². The molecule has 192 valence electrons. The summed E-state index contributed by atoms with van der Waals surface area (Å²) >= 11 is 0. The van der Waals surface area contributed by atoms with E-state index in [4.69, 9.17) is 9.47 Å². The molecule has 4 fully saturated rings. The largest absolute Gasteiger partial charge is 0.454 e. The molecule has 0 N–H and O–H groups in total. The van der Waals surface area contributed by atoms with Gasteiger partial charge in [-0.05, 0) is 112 Å². The third-order valence-electron chi connectivity index (χ3n) is 9.44. The van der Waals surface area contributed by atoms with Crippen LogP contribution < -0.4 is 9.64 Å². The number of benzene rings is 2. The predicted octanol–water partition coefficient (Wildman–Crippen LogP) is 6.38. The Bertz CT molecular complexity index is 1060. The fourth-order valence-electron chi connectivity index (χ4n) is 8.21. The molecule has 36 heavy (non-hydrogen) atoms. The molecule has 4 bridgehead atoms. The summed E-state index contributed by atoms with van der Waals surface area (Å²) in [7, 11) is 4.17. The van der Waals surface area contributed by atoms with Crippen LogP contribution >= 0.6 is 0 Å². The normalized spacial score (nSPS) is 29.0. The Hall–Kier alpha value is -2.37. The van der Waals surface area contributed by atoms with Crippen LogP contribution in [0.5, 0.6) is 11.5 Å². The minimum Gasteiger partial charge on any atom is -0.454 e. The summed E-state index contributed by atoms with van der Waals surface area (Å²) in [6, 6.07) is 15.4. The molecular formula is C31H40N2O3. The number of carbonyl (C=O) groups is 1. The summed E-state index contributed by atoms with van der Waals surface area (Å²) in [5, 5.41) is 0. The van der Waals surface area contributed by atoms with Crippen LogP contribution in [0.1, 0.15) is 61.7 Å². The monoisotopic (exact) mass is 488 g/mol. The summed E-state index contributed by atoms with van der Waals surface area (Å²) < 4.78 is 12.3. The fourth-order valence-corrected chi connectivity index (χ4v) is 8.21. The van der Waals surface area contributed by atoms with Gasteiger partial charge in [0, 0.05) is 20.2 Å². The molecule has 0 aromatic heterocycles. The molecule has 5 aliphatic rings. The van der Waals surface area contributed by atoms with Gasteiger partial charge in [-0.25, -0.2) is 0 Å². The summed E-state index contributed by atoms with van der Waals surface area (Å²) in [4.78, 5) is 17.8. The lowest BCUT2D eigenvalue weighted by atomic mass is 9.48. The van der Waals surface area contributed by atoms with Crippen molar-refractivity contribution in [1.82, 2.24) is 4.90 Å². The van der Waals surface area contributed by atoms with Crippen molar-refractivity contribution in [2.45, 2.75) is 57.5 Å². The number of para-hydroxylation sites is 3. The zero-order chi connectivity index (χ0) is 24.7. The van der Waals surface area contributed by atoms with Gasteiger partial charge in [0.2, 0.25) is 0 Å². The maximum absolute atomic E-state index is 13.4. The number of fused-ring (bicyclic) bond motifs is 2. The molecule has 4 aliphatic carbocycles. The van der Waals surface area contributed by atoms with Crippen molar-refractivity contribution in [2.24, 2.45) is 23.2 Å². The maximum Gasteiger partial charge on any atom is 0.262 e. The number of anilines is 1. The van der Waals surface area contributed by atoms with Crippen molar-refractivity contribution in [3.8, 4) is 11.5 Å². The minimum atomic E-state index is 0.0187. The Balaban J connectivity index is 1.06. The highest BCUT2D eigenvalue weighted by molar-refractivity contribution is 6.09. The lowest BCUT2D eigenvalue weighted by molar-refractivity contribution is -0.137. The molecule has 2 aromatic carbocycles. The van der Waals surface area contributed by atoms with Gasteiger partial charge >= 0.3 is 0 Å². The zero-order valence-corrected chi connectivity index (χ0v) is 21.8. The van der Waals surface area contributed by atoms with Crippen LogP contribution in [0.3, 0.4) is 0 Å². The van der Waals surface area contributed by atoms with Gasteiger partial charge in [-0.1, -0.05) is 24.3 Å². The molecule has 4 saturated carbocycles. The fraction of sp³-hybridized carbons (Fsp3) is 0.581. The SMILES string of the molecule is CO[C@@H](CN(C)CCCCN1C(=O)c2ccccc2Oc2ccccc21)C12CC3CC(CC(C3)C1)C2. The topological polar surface area (TPSA) is 42.0 Å². The Morgan fingerprint density at radius 2 is 1.61 bits per heavy atom. The lowest BCUT2D eigenvalue weighted by Crippen LogP contribution is -2.54. The number of ether oxygens (including phenoxy) is 2. The van der Waals surface area contributed by atoms with E-state index in [1.165, 1.54) is 38.5 Å². The predicted molar refractivity (Wildman–Crippen MR) is 143 cm³/mol. The molecule has 2 aromatic rings. The molecule has 0 spiro atoms. The number of hydrogen-bond acceptors (Lipinski definition) is 4. The first-order valence-electron chi connectivity index (χ1n) is 13.9. The highest BCUT2D eigenvalue weighted by Crippen LogP contribution is 2.61. The Kier molecular flexibility index (Phi) is 6.55. The number of unbranched alkanes of at least 4 members (excludes halogenated alkanes) is 1. The number of methoxy groups -OCH3 is 1. The molecule has 1 aliphatic heterocycles. The van der Waals surface area contributed by atoms with Crippen molar-refractivity contribution < 1.29 is 14.3 Å². The molecule has 5 heteroatoms. The van der Waals surface area contributed by atoms with Crippen molar-refractivity contribution in [3.63, 3.8) is 0 Å².